The summed E-state index contributed by atoms with van der Waals surface area (Å²) in [5, 5.41) is 4.60. The van der Waals surface area contributed by atoms with Gasteiger partial charge in [-0.3, -0.25) is 4.79 Å². The average molecular weight is 255 g/mol. The van der Waals surface area contributed by atoms with E-state index in [4.69, 9.17) is 0 Å². The molecule has 0 aliphatic heterocycles. The van der Waals surface area contributed by atoms with Crippen molar-refractivity contribution in [1.82, 2.24) is 15.5 Å². The fourth-order valence-electron chi connectivity index (χ4n) is 1.24. The Bertz CT molecular complexity index is 217. The number of hydrogen-bond acceptors (Lipinski definition) is 3. The summed E-state index contributed by atoms with van der Waals surface area (Å²) in [6, 6.07) is 0. The van der Waals surface area contributed by atoms with Crippen molar-refractivity contribution in [1.29, 1.82) is 0 Å². The lowest BCUT2D eigenvalue weighted by molar-refractivity contribution is -0.137. The Labute approximate surface area is 99.5 Å². The SMILES string of the molecule is CCN(CC)CCNCC(=O)NCC(F)(F)F. The van der Waals surface area contributed by atoms with E-state index in [1.54, 1.807) is 5.32 Å². The van der Waals surface area contributed by atoms with Gasteiger partial charge in [0.15, 0.2) is 0 Å². The van der Waals surface area contributed by atoms with Crippen LogP contribution in [-0.4, -0.2) is 56.3 Å². The summed E-state index contributed by atoms with van der Waals surface area (Å²) in [4.78, 5) is 13.1. The molecule has 102 valence electrons. The van der Waals surface area contributed by atoms with Crippen LogP contribution in [0.25, 0.3) is 0 Å². The molecule has 0 bridgehead atoms. The standard InChI is InChI=1S/C10H20F3N3O/c1-3-16(4-2)6-5-14-7-9(17)15-8-10(11,12)13/h14H,3-8H2,1-2H3,(H,15,17). The van der Waals surface area contributed by atoms with Gasteiger partial charge < -0.3 is 15.5 Å². The van der Waals surface area contributed by atoms with Gasteiger partial charge >= 0.3 is 6.18 Å². The maximum atomic E-state index is 11.8. The van der Waals surface area contributed by atoms with Crippen LogP contribution in [-0.2, 0) is 4.79 Å². The first-order valence-corrected chi connectivity index (χ1v) is 5.65. The van der Waals surface area contributed by atoms with Gasteiger partial charge in [-0.25, -0.2) is 0 Å². The molecule has 0 fully saturated rings. The summed E-state index contributed by atoms with van der Waals surface area (Å²) < 4.78 is 35.3. The fraction of sp³-hybridized carbons (Fsp3) is 0.900. The maximum Gasteiger partial charge on any atom is 0.405 e. The third kappa shape index (κ3) is 10.1. The molecule has 0 radical (unpaired) electrons. The summed E-state index contributed by atoms with van der Waals surface area (Å²) in [7, 11) is 0. The van der Waals surface area contributed by atoms with E-state index in [0.29, 0.717) is 6.54 Å². The van der Waals surface area contributed by atoms with Gasteiger partial charge in [-0.15, -0.1) is 0 Å². The van der Waals surface area contributed by atoms with Gasteiger partial charge in [-0.05, 0) is 13.1 Å². The number of carbonyl (C=O) groups excluding carboxylic acids is 1. The molecule has 1 amide bonds. The highest BCUT2D eigenvalue weighted by atomic mass is 19.4. The molecular weight excluding hydrogens is 235 g/mol. The molecule has 0 aromatic carbocycles. The first-order valence-electron chi connectivity index (χ1n) is 5.65. The van der Waals surface area contributed by atoms with Gasteiger partial charge in [-0.1, -0.05) is 13.8 Å². The van der Waals surface area contributed by atoms with Crippen molar-refractivity contribution in [3.63, 3.8) is 0 Å². The van der Waals surface area contributed by atoms with E-state index in [-0.39, 0.29) is 6.54 Å². The zero-order valence-electron chi connectivity index (χ0n) is 10.2. The van der Waals surface area contributed by atoms with Crippen LogP contribution in [0, 0.1) is 0 Å². The molecule has 0 heterocycles. The van der Waals surface area contributed by atoms with Crippen LogP contribution in [0.15, 0.2) is 0 Å². The third-order valence-corrected chi connectivity index (χ3v) is 2.27. The molecule has 2 N–H and O–H groups in total. The second-order valence-corrected chi connectivity index (χ2v) is 3.60. The largest absolute Gasteiger partial charge is 0.405 e. The van der Waals surface area contributed by atoms with Crippen molar-refractivity contribution >= 4 is 5.91 Å². The number of amides is 1. The Morgan fingerprint density at radius 2 is 1.82 bits per heavy atom. The van der Waals surface area contributed by atoms with Crippen LogP contribution < -0.4 is 10.6 Å². The quantitative estimate of drug-likeness (QED) is 0.624. The monoisotopic (exact) mass is 255 g/mol. The highest BCUT2D eigenvalue weighted by Crippen LogP contribution is 2.11. The Kier molecular flexibility index (Phi) is 7.90. The summed E-state index contributed by atoms with van der Waals surface area (Å²) in [5.41, 5.74) is 0. The lowest BCUT2D eigenvalue weighted by Crippen LogP contribution is -2.41. The van der Waals surface area contributed by atoms with Crippen LogP contribution in [0.2, 0.25) is 0 Å². The topological polar surface area (TPSA) is 44.4 Å². The lowest BCUT2D eigenvalue weighted by atomic mass is 10.4. The number of nitrogens with one attached hydrogen (secondary N) is 2. The van der Waals surface area contributed by atoms with E-state index in [2.05, 4.69) is 10.2 Å². The first kappa shape index (κ1) is 16.2. The van der Waals surface area contributed by atoms with Gasteiger partial charge in [0.05, 0.1) is 6.54 Å². The van der Waals surface area contributed by atoms with Gasteiger partial charge in [0.1, 0.15) is 6.54 Å². The van der Waals surface area contributed by atoms with Crippen molar-refractivity contribution in [2.24, 2.45) is 0 Å². The summed E-state index contributed by atoms with van der Waals surface area (Å²) >= 11 is 0. The number of likely N-dealkylation sites (N-methyl/N-ethyl adjacent to an activating group) is 1. The van der Waals surface area contributed by atoms with Crippen molar-refractivity contribution in [2.75, 3.05) is 39.3 Å². The van der Waals surface area contributed by atoms with Gasteiger partial charge in [0, 0.05) is 13.1 Å². The number of alkyl halides is 3. The predicted molar refractivity (Wildman–Crippen MR) is 59.7 cm³/mol. The zero-order chi connectivity index (χ0) is 13.3. The molecule has 0 aromatic heterocycles. The van der Waals surface area contributed by atoms with Crippen LogP contribution >= 0.6 is 0 Å². The fourth-order valence-corrected chi connectivity index (χ4v) is 1.24. The van der Waals surface area contributed by atoms with E-state index < -0.39 is 18.6 Å². The Morgan fingerprint density at radius 3 is 2.29 bits per heavy atom. The molecule has 0 unspecified atom stereocenters. The molecule has 0 saturated carbocycles. The van der Waals surface area contributed by atoms with Crippen LogP contribution in [0.5, 0.6) is 0 Å². The summed E-state index contributed by atoms with van der Waals surface area (Å²) in [6.07, 6.45) is -4.35. The lowest BCUT2D eigenvalue weighted by Gasteiger charge is -2.17. The van der Waals surface area contributed by atoms with Gasteiger partial charge in [0.25, 0.3) is 0 Å². The number of rotatable bonds is 8. The van der Waals surface area contributed by atoms with Crippen molar-refractivity contribution in [2.45, 2.75) is 20.0 Å². The number of carbonyl (C=O) groups is 1. The van der Waals surface area contributed by atoms with Crippen molar-refractivity contribution in [3.05, 3.63) is 0 Å². The van der Waals surface area contributed by atoms with Gasteiger partial charge in [0.2, 0.25) is 5.91 Å². The smallest absolute Gasteiger partial charge is 0.346 e. The molecule has 17 heavy (non-hydrogen) atoms. The van der Waals surface area contributed by atoms with E-state index in [0.717, 1.165) is 19.6 Å². The maximum absolute atomic E-state index is 11.8. The second kappa shape index (κ2) is 8.30. The van der Waals surface area contributed by atoms with Crippen molar-refractivity contribution < 1.29 is 18.0 Å². The minimum atomic E-state index is -4.35. The Morgan fingerprint density at radius 1 is 1.24 bits per heavy atom. The molecule has 0 saturated heterocycles. The number of halogens is 3. The average Bonchev–Trinajstić information content (AvgIpc) is 2.26. The molecule has 0 aliphatic carbocycles. The zero-order valence-corrected chi connectivity index (χ0v) is 10.2. The first-order chi connectivity index (χ1) is 7.89. The second-order valence-electron chi connectivity index (χ2n) is 3.60. The molecule has 0 aromatic rings. The van der Waals surface area contributed by atoms with Gasteiger partial charge in [-0.2, -0.15) is 13.2 Å². The van der Waals surface area contributed by atoms with Crippen LogP contribution in [0.3, 0.4) is 0 Å². The minimum Gasteiger partial charge on any atom is -0.346 e. The van der Waals surface area contributed by atoms with Crippen LogP contribution in [0.1, 0.15) is 13.8 Å². The molecule has 0 aliphatic rings. The van der Waals surface area contributed by atoms with Crippen molar-refractivity contribution in [3.8, 4) is 0 Å². The summed E-state index contributed by atoms with van der Waals surface area (Å²) in [6.45, 7) is 5.89. The van der Waals surface area contributed by atoms with E-state index in [1.165, 1.54) is 0 Å². The predicted octanol–water partition coefficient (Wildman–Crippen LogP) is 0.596. The number of nitrogens with zero attached hydrogens (tertiary/aromatic N) is 1. The molecule has 0 spiro atoms. The third-order valence-electron chi connectivity index (χ3n) is 2.27. The number of hydrogen-bond donors (Lipinski definition) is 2. The van der Waals surface area contributed by atoms with E-state index in [1.807, 2.05) is 13.8 Å². The summed E-state index contributed by atoms with van der Waals surface area (Å²) in [5.74, 6) is -0.637. The van der Waals surface area contributed by atoms with Crippen LogP contribution in [0.4, 0.5) is 13.2 Å². The minimum absolute atomic E-state index is 0.0860. The Balaban J connectivity index is 3.52. The molecule has 0 atom stereocenters. The van der Waals surface area contributed by atoms with E-state index >= 15 is 0 Å². The van der Waals surface area contributed by atoms with E-state index in [9.17, 15) is 18.0 Å². The highest BCUT2D eigenvalue weighted by molar-refractivity contribution is 5.77. The molecule has 7 heteroatoms. The Hall–Kier alpha value is -0.820. The normalized spacial score (nSPS) is 11.9. The molecular formula is C10H20F3N3O. The highest BCUT2D eigenvalue weighted by Gasteiger charge is 2.27. The molecule has 0 rings (SSSR count). The molecule has 4 nitrogen and oxygen atoms in total.